The molecule has 0 unspecified atom stereocenters. The van der Waals surface area contributed by atoms with E-state index in [0.29, 0.717) is 0 Å². The smallest absolute Gasteiger partial charge is 0.146 e. The average molecular weight is 654 g/mol. The molecule has 0 radical (unpaired) electrons. The molecule has 0 saturated carbocycles. The van der Waals surface area contributed by atoms with Crippen LogP contribution in [-0.4, -0.2) is 12.6 Å². The normalized spacial score (nSPS) is 12.0. The second-order valence-electron chi connectivity index (χ2n) is 13.5. The first kappa shape index (κ1) is 42.1. The van der Waals surface area contributed by atoms with Crippen molar-refractivity contribution in [3.63, 3.8) is 0 Å². The van der Waals surface area contributed by atoms with E-state index in [2.05, 4.69) is 0 Å². The van der Waals surface area contributed by atoms with Gasteiger partial charge in [-0.2, -0.15) is 0 Å². The lowest BCUT2D eigenvalue weighted by Crippen LogP contribution is -2.11. The Kier molecular flexibility index (Phi) is 36.5. The van der Waals surface area contributed by atoms with E-state index in [0.717, 1.165) is 11.9 Å². The summed E-state index contributed by atoms with van der Waals surface area (Å²) < 4.78 is 0. The minimum atomic E-state index is -1.84. The number of hydrogen-bond acceptors (Lipinski definition) is 0. The topological polar surface area (TPSA) is 0 Å². The van der Waals surface area contributed by atoms with Crippen LogP contribution in [0.15, 0.2) is 0 Å². The maximum atomic E-state index is 6.16. The zero-order chi connectivity index (χ0) is 30.0. The third kappa shape index (κ3) is 41.1. The van der Waals surface area contributed by atoms with Crippen LogP contribution in [0.2, 0.25) is 12.6 Å². The highest BCUT2D eigenvalue weighted by molar-refractivity contribution is 7.44. The highest BCUT2D eigenvalue weighted by Crippen LogP contribution is 2.23. The van der Waals surface area contributed by atoms with Crippen molar-refractivity contribution in [3.8, 4) is 0 Å². The van der Waals surface area contributed by atoms with Gasteiger partial charge in [-0.3, -0.25) is 0 Å². The minimum Gasteiger partial charge on any atom is -0.146 e. The summed E-state index contributed by atoms with van der Waals surface area (Å²) >= 11 is 18.1. The van der Waals surface area contributed by atoms with Gasteiger partial charge in [0.2, 0.25) is 6.69 Å². The van der Waals surface area contributed by atoms with Crippen molar-refractivity contribution in [1.29, 1.82) is 0 Å². The van der Waals surface area contributed by atoms with E-state index in [1.165, 1.54) is 218 Å². The average Bonchev–Trinajstić information content (AvgIpc) is 2.94. The van der Waals surface area contributed by atoms with Gasteiger partial charge < -0.3 is 0 Å². The summed E-state index contributed by atoms with van der Waals surface area (Å²) in [5.74, 6) is 0.844. The molecule has 0 aliphatic rings. The molecule has 248 valence electrons. The second-order valence-corrected chi connectivity index (χ2v) is 22.1. The van der Waals surface area contributed by atoms with Crippen molar-refractivity contribution in [1.82, 2.24) is 0 Å². The Hall–Kier alpha value is 1.09. The lowest BCUT2D eigenvalue weighted by atomic mass is 10.0. The molecule has 0 saturated heterocycles. The van der Waals surface area contributed by atoms with Crippen molar-refractivity contribution in [2.24, 2.45) is 0 Å². The van der Waals surface area contributed by atoms with Gasteiger partial charge in [0.25, 0.3) is 0 Å². The summed E-state index contributed by atoms with van der Waals surface area (Å²) in [5.41, 5.74) is 0. The molecule has 0 fully saturated rings. The predicted octanol–water partition coefficient (Wildman–Crippen LogP) is 16.0. The van der Waals surface area contributed by atoms with Crippen LogP contribution in [0.3, 0.4) is 0 Å². The van der Waals surface area contributed by atoms with Gasteiger partial charge in [-0.15, -0.1) is 33.8 Å². The number of halogens is 3. The molecular weight excluding hydrogens is 579 g/mol. The Morgan fingerprint density at radius 3 is 0.561 bits per heavy atom. The molecule has 0 nitrogen and oxygen atoms in total. The number of hydrogen-bond donors (Lipinski definition) is 0. The van der Waals surface area contributed by atoms with Gasteiger partial charge in [-0.1, -0.05) is 212 Å². The fourth-order valence-electron chi connectivity index (χ4n) is 6.19. The standard InChI is InChI=1S/C37H75Cl3Si/c1-41(39,40)37-35-33-31-29-27-25-23-21-19-17-15-13-11-9-7-5-3-2-4-6-8-10-12-14-16-18-20-22-24-26-28-30-32-34-36-38/h2-37H2,1H3. The molecular formula is C37H75Cl3Si. The molecule has 0 heterocycles. The van der Waals surface area contributed by atoms with Gasteiger partial charge in [0.05, 0.1) is 0 Å². The summed E-state index contributed by atoms with van der Waals surface area (Å²) in [7, 11) is 0. The zero-order valence-corrected chi connectivity index (χ0v) is 31.4. The fraction of sp³-hybridized carbons (Fsp3) is 1.00. The van der Waals surface area contributed by atoms with Gasteiger partial charge in [-0.25, -0.2) is 0 Å². The molecule has 0 aromatic heterocycles. The van der Waals surface area contributed by atoms with Crippen molar-refractivity contribution in [2.45, 2.75) is 231 Å². The lowest BCUT2D eigenvalue weighted by Gasteiger charge is -2.09. The summed E-state index contributed by atoms with van der Waals surface area (Å²) in [4.78, 5) is 0. The van der Waals surface area contributed by atoms with E-state index in [9.17, 15) is 0 Å². The Balaban J connectivity index is 3.04. The first-order chi connectivity index (χ1) is 20.1. The summed E-state index contributed by atoms with van der Waals surface area (Å²) in [6, 6.07) is 1.06. The van der Waals surface area contributed by atoms with E-state index in [1.54, 1.807) is 0 Å². The first-order valence-electron chi connectivity index (χ1n) is 19.0. The number of alkyl halides is 1. The molecule has 41 heavy (non-hydrogen) atoms. The van der Waals surface area contributed by atoms with Gasteiger partial charge in [0.15, 0.2) is 0 Å². The Bertz CT molecular complexity index is 466. The van der Waals surface area contributed by atoms with Crippen LogP contribution < -0.4 is 0 Å². The first-order valence-corrected chi connectivity index (χ1v) is 24.3. The molecule has 0 aliphatic carbocycles. The molecule has 0 aromatic rings. The Labute approximate surface area is 276 Å². The maximum Gasteiger partial charge on any atom is 0.248 e. The third-order valence-electron chi connectivity index (χ3n) is 9.00. The summed E-state index contributed by atoms with van der Waals surface area (Å²) in [6.45, 7) is 0.200. The molecule has 0 rings (SSSR count). The second kappa shape index (κ2) is 35.6. The van der Waals surface area contributed by atoms with Crippen LogP contribution in [0.1, 0.15) is 218 Å². The molecule has 4 heteroatoms. The van der Waals surface area contributed by atoms with Crippen molar-refractivity contribution in [2.75, 3.05) is 5.88 Å². The highest BCUT2D eigenvalue weighted by Gasteiger charge is 2.19. The fourth-order valence-corrected chi connectivity index (χ4v) is 8.05. The van der Waals surface area contributed by atoms with Crippen LogP contribution in [0.4, 0.5) is 0 Å². The molecule has 0 bridgehead atoms. The molecule has 0 N–H and O–H groups in total. The van der Waals surface area contributed by atoms with Crippen molar-refractivity contribution < 1.29 is 0 Å². The monoisotopic (exact) mass is 652 g/mol. The van der Waals surface area contributed by atoms with E-state index in [-0.39, 0.29) is 0 Å². The number of unbranched alkanes of at least 4 members (excludes halogenated alkanes) is 33. The largest absolute Gasteiger partial charge is 0.248 e. The molecule has 0 aliphatic heterocycles. The zero-order valence-electron chi connectivity index (χ0n) is 28.1. The van der Waals surface area contributed by atoms with Gasteiger partial charge in [0.1, 0.15) is 0 Å². The summed E-state index contributed by atoms with van der Waals surface area (Å²) in [5, 5.41) is 0. The van der Waals surface area contributed by atoms with E-state index < -0.39 is 6.69 Å². The van der Waals surface area contributed by atoms with Crippen LogP contribution >= 0.6 is 33.8 Å². The Morgan fingerprint density at radius 2 is 0.415 bits per heavy atom. The molecule has 0 spiro atoms. The van der Waals surface area contributed by atoms with Crippen LogP contribution in [0.5, 0.6) is 0 Å². The quantitative estimate of drug-likeness (QED) is 0.0273. The lowest BCUT2D eigenvalue weighted by molar-refractivity contribution is 0.511. The van der Waals surface area contributed by atoms with Gasteiger partial charge in [0, 0.05) is 5.88 Å². The maximum absolute atomic E-state index is 6.16. The highest BCUT2D eigenvalue weighted by atomic mass is 35.7. The molecule has 0 aromatic carbocycles. The van der Waals surface area contributed by atoms with Gasteiger partial charge >= 0.3 is 0 Å². The van der Waals surface area contributed by atoms with E-state index in [1.807, 2.05) is 6.55 Å². The van der Waals surface area contributed by atoms with Crippen molar-refractivity contribution >= 4 is 40.5 Å². The SMILES string of the molecule is C[Si](Cl)(Cl)CCCCCCCCCCCCCCCCCCCCCCCCCCCCCCCCCCCCCl. The molecule has 0 amide bonds. The summed E-state index contributed by atoms with van der Waals surface area (Å²) in [6.07, 6.45) is 48.9. The van der Waals surface area contributed by atoms with Crippen LogP contribution in [-0.2, 0) is 0 Å². The minimum absolute atomic E-state index is 0.844. The third-order valence-corrected chi connectivity index (χ3v) is 11.6. The Morgan fingerprint density at radius 1 is 0.268 bits per heavy atom. The van der Waals surface area contributed by atoms with Crippen molar-refractivity contribution in [3.05, 3.63) is 0 Å². The van der Waals surface area contributed by atoms with E-state index >= 15 is 0 Å². The van der Waals surface area contributed by atoms with Crippen LogP contribution in [0, 0.1) is 0 Å². The predicted molar refractivity (Wildman–Crippen MR) is 196 cm³/mol. The van der Waals surface area contributed by atoms with E-state index in [4.69, 9.17) is 33.8 Å². The van der Waals surface area contributed by atoms with Crippen LogP contribution in [0.25, 0.3) is 0 Å². The molecule has 0 atom stereocenters. The number of rotatable bonds is 36. The van der Waals surface area contributed by atoms with Gasteiger partial charge in [-0.05, 0) is 19.0 Å².